The Kier molecular flexibility index (Phi) is 1.18. The van der Waals surface area contributed by atoms with Gasteiger partial charge in [0.05, 0.1) is 0 Å². The van der Waals surface area contributed by atoms with Crippen LogP contribution in [0.1, 0.15) is 46.0 Å². The van der Waals surface area contributed by atoms with E-state index in [-0.39, 0.29) is 0 Å². The van der Waals surface area contributed by atoms with Crippen molar-refractivity contribution in [3.63, 3.8) is 0 Å². The zero-order valence-electron chi connectivity index (χ0n) is 8.19. The monoisotopic (exact) mass is 162 g/mol. The van der Waals surface area contributed by atoms with E-state index in [2.05, 4.69) is 13.8 Å². The molecule has 0 amide bonds. The molecule has 0 aromatic carbocycles. The molecule has 0 spiro atoms. The summed E-state index contributed by atoms with van der Waals surface area (Å²) in [5, 5.41) is 0. The van der Waals surface area contributed by atoms with Crippen molar-refractivity contribution in [2.24, 2.45) is 17.3 Å². The van der Waals surface area contributed by atoms with Crippen molar-refractivity contribution in [1.29, 1.82) is 0 Å². The zero-order chi connectivity index (χ0) is 8.34. The first-order valence-corrected chi connectivity index (χ1v) is 5.40. The SMILES string of the molecule is CC1CC2=C3CCC(C)(C3)C2C1. The van der Waals surface area contributed by atoms with Gasteiger partial charge in [-0.1, -0.05) is 25.0 Å². The summed E-state index contributed by atoms with van der Waals surface area (Å²) in [5.74, 6) is 1.99. The molecule has 3 rings (SSSR count). The second kappa shape index (κ2) is 1.97. The van der Waals surface area contributed by atoms with E-state index in [1.807, 2.05) is 11.1 Å². The van der Waals surface area contributed by atoms with Crippen molar-refractivity contribution >= 4 is 0 Å². The van der Waals surface area contributed by atoms with Crippen molar-refractivity contribution in [2.45, 2.75) is 46.0 Å². The molecule has 12 heavy (non-hydrogen) atoms. The highest BCUT2D eigenvalue weighted by Crippen LogP contribution is 2.63. The fourth-order valence-electron chi connectivity index (χ4n) is 3.91. The van der Waals surface area contributed by atoms with Crippen LogP contribution in [-0.2, 0) is 0 Å². The van der Waals surface area contributed by atoms with Crippen LogP contribution in [0.4, 0.5) is 0 Å². The Morgan fingerprint density at radius 3 is 3.00 bits per heavy atom. The molecule has 0 aromatic heterocycles. The summed E-state index contributed by atoms with van der Waals surface area (Å²) < 4.78 is 0. The van der Waals surface area contributed by atoms with E-state index in [1.165, 1.54) is 32.1 Å². The van der Waals surface area contributed by atoms with Crippen LogP contribution in [0.25, 0.3) is 0 Å². The van der Waals surface area contributed by atoms with Crippen LogP contribution < -0.4 is 0 Å². The van der Waals surface area contributed by atoms with Gasteiger partial charge in [-0.15, -0.1) is 0 Å². The molecule has 0 heteroatoms. The number of fused-ring (bicyclic) bond motifs is 4. The molecule has 0 saturated heterocycles. The van der Waals surface area contributed by atoms with Crippen LogP contribution in [0.5, 0.6) is 0 Å². The van der Waals surface area contributed by atoms with E-state index >= 15 is 0 Å². The topological polar surface area (TPSA) is 0 Å². The molecule has 2 saturated carbocycles. The lowest BCUT2D eigenvalue weighted by molar-refractivity contribution is 0.237. The van der Waals surface area contributed by atoms with Crippen molar-refractivity contribution in [2.75, 3.05) is 0 Å². The normalized spacial score (nSPS) is 50.5. The maximum absolute atomic E-state index is 2.52. The van der Waals surface area contributed by atoms with Gasteiger partial charge in [0, 0.05) is 0 Å². The Morgan fingerprint density at radius 2 is 2.25 bits per heavy atom. The summed E-state index contributed by atoms with van der Waals surface area (Å²) in [4.78, 5) is 0. The number of allylic oxidation sites excluding steroid dienone is 2. The van der Waals surface area contributed by atoms with Crippen molar-refractivity contribution in [1.82, 2.24) is 0 Å². The van der Waals surface area contributed by atoms with Crippen LogP contribution in [0.15, 0.2) is 11.1 Å². The molecule has 2 bridgehead atoms. The molecular weight excluding hydrogens is 144 g/mol. The van der Waals surface area contributed by atoms with Gasteiger partial charge in [0.2, 0.25) is 0 Å². The quantitative estimate of drug-likeness (QED) is 0.478. The van der Waals surface area contributed by atoms with E-state index < -0.39 is 0 Å². The van der Waals surface area contributed by atoms with E-state index in [4.69, 9.17) is 0 Å². The highest BCUT2D eigenvalue weighted by atomic mass is 14.5. The molecule has 0 N–H and O–H groups in total. The number of rotatable bonds is 0. The third-order valence-electron chi connectivity index (χ3n) is 4.54. The third kappa shape index (κ3) is 0.694. The average Bonchev–Trinajstić information content (AvgIpc) is 2.57. The molecule has 0 aliphatic heterocycles. The molecule has 3 aliphatic carbocycles. The summed E-state index contributed by atoms with van der Waals surface area (Å²) in [6.45, 7) is 4.95. The maximum Gasteiger partial charge on any atom is -0.0141 e. The second-order valence-corrected chi connectivity index (χ2v) is 5.56. The summed E-state index contributed by atoms with van der Waals surface area (Å²) in [6, 6.07) is 0. The van der Waals surface area contributed by atoms with Gasteiger partial charge in [0.15, 0.2) is 0 Å². The average molecular weight is 162 g/mol. The van der Waals surface area contributed by atoms with Crippen molar-refractivity contribution in [3.8, 4) is 0 Å². The minimum Gasteiger partial charge on any atom is -0.0701 e. The zero-order valence-corrected chi connectivity index (χ0v) is 8.19. The van der Waals surface area contributed by atoms with Crippen LogP contribution in [0, 0.1) is 17.3 Å². The Labute approximate surface area is 75.0 Å². The molecule has 0 heterocycles. The molecule has 3 unspecified atom stereocenters. The smallest absolute Gasteiger partial charge is 0.0141 e. The first-order valence-electron chi connectivity index (χ1n) is 5.40. The number of hydrogen-bond acceptors (Lipinski definition) is 0. The highest BCUT2D eigenvalue weighted by Gasteiger charge is 2.50. The molecule has 3 aliphatic rings. The Morgan fingerprint density at radius 1 is 1.42 bits per heavy atom. The van der Waals surface area contributed by atoms with E-state index in [0.29, 0.717) is 0 Å². The van der Waals surface area contributed by atoms with Gasteiger partial charge in [0.25, 0.3) is 0 Å². The largest absolute Gasteiger partial charge is 0.0701 e. The fourth-order valence-corrected chi connectivity index (χ4v) is 3.91. The van der Waals surface area contributed by atoms with Crippen molar-refractivity contribution in [3.05, 3.63) is 11.1 Å². The molecule has 3 atom stereocenters. The first-order chi connectivity index (χ1) is 5.69. The maximum atomic E-state index is 2.52. The van der Waals surface area contributed by atoms with Gasteiger partial charge in [-0.2, -0.15) is 0 Å². The molecule has 66 valence electrons. The fraction of sp³-hybridized carbons (Fsp3) is 0.833. The summed E-state index contributed by atoms with van der Waals surface area (Å²) in [6.07, 6.45) is 7.32. The molecule has 0 nitrogen and oxygen atoms in total. The predicted molar refractivity (Wildman–Crippen MR) is 50.9 cm³/mol. The summed E-state index contributed by atoms with van der Waals surface area (Å²) in [5.41, 5.74) is 4.48. The molecule has 0 aromatic rings. The van der Waals surface area contributed by atoms with Gasteiger partial charge in [0.1, 0.15) is 0 Å². The van der Waals surface area contributed by atoms with Gasteiger partial charge >= 0.3 is 0 Å². The molecule has 2 fully saturated rings. The minimum atomic E-state index is 0.718. The standard InChI is InChI=1S/C12H18/c1-8-5-10-9-3-4-12(2,7-9)11(10)6-8/h8,11H,3-7H2,1-2H3. The lowest BCUT2D eigenvalue weighted by Crippen LogP contribution is -2.20. The summed E-state index contributed by atoms with van der Waals surface area (Å²) in [7, 11) is 0. The third-order valence-corrected chi connectivity index (χ3v) is 4.54. The van der Waals surface area contributed by atoms with Crippen molar-refractivity contribution < 1.29 is 0 Å². The Hall–Kier alpha value is -0.260. The van der Waals surface area contributed by atoms with E-state index in [0.717, 1.165) is 17.3 Å². The lowest BCUT2D eigenvalue weighted by atomic mass is 9.75. The lowest BCUT2D eigenvalue weighted by Gasteiger charge is -2.29. The first kappa shape index (κ1) is 7.17. The summed E-state index contributed by atoms with van der Waals surface area (Å²) >= 11 is 0. The number of hydrogen-bond donors (Lipinski definition) is 0. The van der Waals surface area contributed by atoms with Gasteiger partial charge in [-0.3, -0.25) is 0 Å². The Balaban J connectivity index is 2.05. The van der Waals surface area contributed by atoms with E-state index in [9.17, 15) is 0 Å². The Bertz CT molecular complexity index is 261. The van der Waals surface area contributed by atoms with Crippen LogP contribution in [-0.4, -0.2) is 0 Å². The molecule has 0 radical (unpaired) electrons. The molecular formula is C12H18. The van der Waals surface area contributed by atoms with Gasteiger partial charge in [-0.25, -0.2) is 0 Å². The van der Waals surface area contributed by atoms with Crippen LogP contribution in [0.2, 0.25) is 0 Å². The minimum absolute atomic E-state index is 0.718. The van der Waals surface area contributed by atoms with Gasteiger partial charge < -0.3 is 0 Å². The van der Waals surface area contributed by atoms with E-state index in [1.54, 1.807) is 0 Å². The van der Waals surface area contributed by atoms with Gasteiger partial charge in [-0.05, 0) is 49.4 Å². The van der Waals surface area contributed by atoms with Crippen LogP contribution in [0.3, 0.4) is 0 Å². The predicted octanol–water partition coefficient (Wildman–Crippen LogP) is 3.53. The highest BCUT2D eigenvalue weighted by molar-refractivity contribution is 5.35. The second-order valence-electron chi connectivity index (χ2n) is 5.56. The van der Waals surface area contributed by atoms with Crippen LogP contribution >= 0.6 is 0 Å².